The third kappa shape index (κ3) is 5.51. The molecular formula is C23H18F6O2. The Labute approximate surface area is 175 Å². The highest BCUT2D eigenvalue weighted by molar-refractivity contribution is 5.42. The number of halogens is 6. The van der Waals surface area contributed by atoms with E-state index in [9.17, 15) is 26.3 Å². The number of methoxy groups -OCH3 is 1. The van der Waals surface area contributed by atoms with E-state index in [0.29, 0.717) is 18.1 Å². The van der Waals surface area contributed by atoms with Gasteiger partial charge in [0.1, 0.15) is 11.6 Å². The summed E-state index contributed by atoms with van der Waals surface area (Å²) in [7, 11) is 1.29. The molecule has 0 unspecified atom stereocenters. The van der Waals surface area contributed by atoms with Crippen LogP contribution < -0.4 is 9.47 Å². The van der Waals surface area contributed by atoms with Crippen molar-refractivity contribution in [1.82, 2.24) is 0 Å². The van der Waals surface area contributed by atoms with Crippen LogP contribution in [0.4, 0.5) is 26.3 Å². The lowest BCUT2D eigenvalue weighted by Crippen LogP contribution is -2.33. The van der Waals surface area contributed by atoms with Gasteiger partial charge in [0.2, 0.25) is 0 Å². The van der Waals surface area contributed by atoms with Crippen molar-refractivity contribution in [3.8, 4) is 11.5 Å². The van der Waals surface area contributed by atoms with E-state index in [4.69, 9.17) is 4.74 Å². The Balaban J connectivity index is 2.07. The summed E-state index contributed by atoms with van der Waals surface area (Å²) in [6, 6.07) is 15.8. The van der Waals surface area contributed by atoms with Gasteiger partial charge >= 0.3 is 12.5 Å². The summed E-state index contributed by atoms with van der Waals surface area (Å²) >= 11 is 0. The predicted octanol–water partition coefficient (Wildman–Crippen LogP) is 6.58. The van der Waals surface area contributed by atoms with Crippen molar-refractivity contribution < 1.29 is 35.8 Å². The molecule has 0 aromatic heterocycles. The first-order chi connectivity index (χ1) is 14.7. The number of benzene rings is 3. The minimum Gasteiger partial charge on any atom is -0.494 e. The lowest BCUT2D eigenvalue weighted by Gasteiger charge is -2.22. The van der Waals surface area contributed by atoms with E-state index in [0.717, 1.165) is 17.7 Å². The van der Waals surface area contributed by atoms with E-state index < -0.39 is 35.8 Å². The Bertz CT molecular complexity index is 1020. The summed E-state index contributed by atoms with van der Waals surface area (Å²) in [5.74, 6) is -2.97. The third-order valence-electron chi connectivity index (χ3n) is 4.66. The zero-order chi connectivity index (χ0) is 22.6. The minimum atomic E-state index is -4.78. The molecule has 3 rings (SSSR count). The van der Waals surface area contributed by atoms with Crippen LogP contribution in [0.3, 0.4) is 0 Å². The molecule has 8 heteroatoms. The molecule has 0 fully saturated rings. The molecule has 31 heavy (non-hydrogen) atoms. The Morgan fingerprint density at radius 3 is 2.23 bits per heavy atom. The molecule has 0 heterocycles. The summed E-state index contributed by atoms with van der Waals surface area (Å²) < 4.78 is 88.9. The van der Waals surface area contributed by atoms with Crippen molar-refractivity contribution >= 4 is 0 Å². The molecule has 0 saturated heterocycles. The first-order valence-electron chi connectivity index (χ1n) is 9.22. The molecular weight excluding hydrogens is 422 g/mol. The van der Waals surface area contributed by atoms with E-state index in [-0.39, 0.29) is 11.3 Å². The van der Waals surface area contributed by atoms with E-state index >= 15 is 0 Å². The molecule has 1 atom stereocenters. The summed E-state index contributed by atoms with van der Waals surface area (Å²) in [6.45, 7) is 0. The second-order valence-corrected chi connectivity index (χ2v) is 6.82. The molecule has 0 bridgehead atoms. The summed E-state index contributed by atoms with van der Waals surface area (Å²) in [5, 5.41) is 0. The zero-order valence-corrected chi connectivity index (χ0v) is 16.3. The fraction of sp³-hybridized carbons (Fsp3) is 0.217. The van der Waals surface area contributed by atoms with Crippen LogP contribution in [0, 0.1) is 11.6 Å². The van der Waals surface area contributed by atoms with Gasteiger partial charge in [-0.3, -0.25) is 0 Å². The highest BCUT2D eigenvalue weighted by atomic mass is 19.3. The van der Waals surface area contributed by atoms with Crippen molar-refractivity contribution in [2.24, 2.45) is 0 Å². The second kappa shape index (κ2) is 9.32. The molecule has 0 saturated carbocycles. The first kappa shape index (κ1) is 22.5. The van der Waals surface area contributed by atoms with Gasteiger partial charge in [0.15, 0.2) is 11.6 Å². The number of ether oxygens (including phenoxy) is 2. The highest BCUT2D eigenvalue weighted by Gasteiger charge is 2.44. The van der Waals surface area contributed by atoms with Crippen LogP contribution in [0.2, 0.25) is 0 Å². The maximum absolute atomic E-state index is 14.2. The average Bonchev–Trinajstić information content (AvgIpc) is 2.72. The Kier molecular flexibility index (Phi) is 6.77. The van der Waals surface area contributed by atoms with Gasteiger partial charge in [0.05, 0.1) is 7.11 Å². The molecule has 0 amide bonds. The van der Waals surface area contributed by atoms with Gasteiger partial charge < -0.3 is 9.47 Å². The molecule has 0 spiro atoms. The normalized spacial score (nSPS) is 12.6. The fourth-order valence-electron chi connectivity index (χ4n) is 3.22. The highest BCUT2D eigenvalue weighted by Crippen LogP contribution is 2.35. The van der Waals surface area contributed by atoms with Gasteiger partial charge in [0, 0.05) is 12.0 Å². The van der Waals surface area contributed by atoms with E-state index in [2.05, 4.69) is 4.74 Å². The van der Waals surface area contributed by atoms with Crippen LogP contribution in [0.15, 0.2) is 66.7 Å². The van der Waals surface area contributed by atoms with Crippen molar-refractivity contribution in [3.63, 3.8) is 0 Å². The maximum Gasteiger partial charge on any atom is 0.461 e. The monoisotopic (exact) mass is 440 g/mol. The van der Waals surface area contributed by atoms with Gasteiger partial charge in [-0.25, -0.2) is 8.78 Å². The zero-order valence-electron chi connectivity index (χ0n) is 16.3. The quantitative estimate of drug-likeness (QED) is 0.368. The predicted molar refractivity (Wildman–Crippen MR) is 103 cm³/mol. The SMILES string of the molecule is COc1cc([C@@H](Cc2ccccc2)c2cc(F)cc(OC(F)(F)C(F)F)c2)ccc1F. The largest absolute Gasteiger partial charge is 0.494 e. The minimum absolute atomic E-state index is 0.0485. The van der Waals surface area contributed by atoms with Crippen molar-refractivity contribution in [2.75, 3.05) is 7.11 Å². The second-order valence-electron chi connectivity index (χ2n) is 6.82. The third-order valence-corrected chi connectivity index (χ3v) is 4.66. The van der Waals surface area contributed by atoms with Gasteiger partial charge in [-0.15, -0.1) is 0 Å². The van der Waals surface area contributed by atoms with Crippen molar-refractivity contribution in [3.05, 3.63) is 95.1 Å². The van der Waals surface area contributed by atoms with Crippen LogP contribution in [-0.2, 0) is 6.42 Å². The van der Waals surface area contributed by atoms with E-state index in [1.165, 1.54) is 25.3 Å². The molecule has 0 aliphatic heterocycles. The molecule has 0 radical (unpaired) electrons. The van der Waals surface area contributed by atoms with Crippen molar-refractivity contribution in [1.29, 1.82) is 0 Å². The van der Waals surface area contributed by atoms with Crippen LogP contribution in [0.5, 0.6) is 11.5 Å². The topological polar surface area (TPSA) is 18.5 Å². The van der Waals surface area contributed by atoms with Gasteiger partial charge in [-0.05, 0) is 47.4 Å². The number of rotatable bonds is 8. The van der Waals surface area contributed by atoms with Crippen LogP contribution in [-0.4, -0.2) is 19.6 Å². The smallest absolute Gasteiger partial charge is 0.461 e. The lowest BCUT2D eigenvalue weighted by molar-refractivity contribution is -0.253. The standard InChI is InChI=1S/C23H18F6O2/c1-30-21-12-15(7-8-20(21)25)19(9-14-5-3-2-4-6-14)16-10-17(24)13-18(11-16)31-23(28,29)22(26)27/h2-8,10-13,19,22H,9H2,1H3/t19-/m1/s1. The lowest BCUT2D eigenvalue weighted by atomic mass is 9.85. The van der Waals surface area contributed by atoms with Crippen LogP contribution in [0.1, 0.15) is 22.6 Å². The number of hydrogen-bond donors (Lipinski definition) is 0. The Hall–Kier alpha value is -3.16. The number of alkyl halides is 4. The van der Waals surface area contributed by atoms with Gasteiger partial charge in [-0.2, -0.15) is 17.6 Å². The van der Waals surface area contributed by atoms with Crippen molar-refractivity contribution in [2.45, 2.75) is 24.9 Å². The van der Waals surface area contributed by atoms with Gasteiger partial charge in [-0.1, -0.05) is 36.4 Å². The molecule has 164 valence electrons. The van der Waals surface area contributed by atoms with E-state index in [1.807, 2.05) is 12.1 Å². The first-order valence-corrected chi connectivity index (χ1v) is 9.22. The average molecular weight is 440 g/mol. The fourth-order valence-corrected chi connectivity index (χ4v) is 3.22. The summed E-state index contributed by atoms with van der Waals surface area (Å²) in [5.41, 5.74) is 1.54. The molecule has 0 aliphatic carbocycles. The molecule has 0 aliphatic rings. The Morgan fingerprint density at radius 1 is 0.871 bits per heavy atom. The van der Waals surface area contributed by atoms with E-state index in [1.54, 1.807) is 18.2 Å². The molecule has 2 nitrogen and oxygen atoms in total. The number of hydrogen-bond acceptors (Lipinski definition) is 2. The molecule has 3 aromatic carbocycles. The molecule has 3 aromatic rings. The Morgan fingerprint density at radius 2 is 1.58 bits per heavy atom. The summed E-state index contributed by atoms with van der Waals surface area (Å²) in [6.07, 6.45) is -8.57. The van der Waals surface area contributed by atoms with Gasteiger partial charge in [0.25, 0.3) is 0 Å². The summed E-state index contributed by atoms with van der Waals surface area (Å²) in [4.78, 5) is 0. The van der Waals surface area contributed by atoms with Crippen LogP contribution in [0.25, 0.3) is 0 Å². The maximum atomic E-state index is 14.2. The molecule has 0 N–H and O–H groups in total. The van der Waals surface area contributed by atoms with Crippen LogP contribution >= 0.6 is 0 Å².